The highest BCUT2D eigenvalue weighted by molar-refractivity contribution is 6.23. The van der Waals surface area contributed by atoms with Gasteiger partial charge in [-0.2, -0.15) is 5.10 Å². The van der Waals surface area contributed by atoms with E-state index in [1.54, 1.807) is 50.4 Å². The minimum atomic E-state index is -0.238. The number of benzene rings is 1. The Kier molecular flexibility index (Phi) is 3.14. The van der Waals surface area contributed by atoms with Gasteiger partial charge in [-0.25, -0.2) is 0 Å². The monoisotopic (exact) mass is 245 g/mol. The first-order chi connectivity index (χ1) is 8.56. The lowest BCUT2D eigenvalue weighted by Crippen LogP contribution is -2.29. The number of rotatable bonds is 3. The molecule has 0 bridgehead atoms. The van der Waals surface area contributed by atoms with Crippen LogP contribution in [0.3, 0.4) is 0 Å². The molecule has 0 N–H and O–H groups in total. The Morgan fingerprint density at radius 1 is 1.28 bits per heavy atom. The van der Waals surface area contributed by atoms with E-state index in [1.165, 1.54) is 4.90 Å². The lowest BCUT2D eigenvalue weighted by atomic mass is 10.0. The number of nitrogens with zero attached hydrogens (tertiary/aromatic N) is 3. The van der Waals surface area contributed by atoms with Gasteiger partial charge in [-0.05, 0) is 13.0 Å². The molecular formula is C13H15N3O2. The van der Waals surface area contributed by atoms with Crippen LogP contribution in [0.4, 0.5) is 0 Å². The van der Waals surface area contributed by atoms with E-state index < -0.39 is 0 Å². The average molecular weight is 245 g/mol. The highest BCUT2D eigenvalue weighted by Crippen LogP contribution is 2.24. The zero-order chi connectivity index (χ0) is 13.3. The van der Waals surface area contributed by atoms with Gasteiger partial charge in [-0.15, -0.1) is 0 Å². The van der Waals surface area contributed by atoms with Crippen molar-refractivity contribution in [1.82, 2.24) is 9.91 Å². The van der Waals surface area contributed by atoms with Crippen molar-refractivity contribution in [3.05, 3.63) is 34.9 Å². The summed E-state index contributed by atoms with van der Waals surface area (Å²) in [5.41, 5.74) is 1.59. The predicted octanol–water partition coefficient (Wildman–Crippen LogP) is 1.20. The molecule has 0 saturated carbocycles. The van der Waals surface area contributed by atoms with Gasteiger partial charge in [0.1, 0.15) is 0 Å². The van der Waals surface area contributed by atoms with Gasteiger partial charge >= 0.3 is 0 Å². The summed E-state index contributed by atoms with van der Waals surface area (Å²) in [4.78, 5) is 25.4. The first-order valence-electron chi connectivity index (χ1n) is 5.76. The smallest absolute Gasteiger partial charge is 0.262 e. The summed E-state index contributed by atoms with van der Waals surface area (Å²) >= 11 is 0. The molecule has 94 valence electrons. The molecule has 1 aromatic rings. The molecule has 0 aromatic heterocycles. The van der Waals surface area contributed by atoms with E-state index in [2.05, 4.69) is 5.10 Å². The fourth-order valence-electron chi connectivity index (χ4n) is 1.93. The molecule has 5 heteroatoms. The molecule has 0 spiro atoms. The Bertz CT molecular complexity index is 535. The van der Waals surface area contributed by atoms with E-state index in [0.717, 1.165) is 0 Å². The van der Waals surface area contributed by atoms with Crippen LogP contribution < -0.4 is 0 Å². The maximum atomic E-state index is 12.1. The van der Waals surface area contributed by atoms with Crippen molar-refractivity contribution in [2.75, 3.05) is 20.6 Å². The van der Waals surface area contributed by atoms with Crippen molar-refractivity contribution in [3.63, 3.8) is 0 Å². The zero-order valence-electron chi connectivity index (χ0n) is 10.7. The average Bonchev–Trinajstić information content (AvgIpc) is 2.59. The normalized spacial score (nSPS) is 14.5. The first kappa shape index (κ1) is 12.3. The van der Waals surface area contributed by atoms with E-state index in [-0.39, 0.29) is 11.8 Å². The van der Waals surface area contributed by atoms with E-state index in [1.807, 2.05) is 0 Å². The predicted molar refractivity (Wildman–Crippen MR) is 68.8 cm³/mol. The lowest BCUT2D eigenvalue weighted by Gasteiger charge is -2.09. The van der Waals surface area contributed by atoms with Crippen molar-refractivity contribution in [3.8, 4) is 0 Å². The van der Waals surface area contributed by atoms with Gasteiger partial charge < -0.3 is 5.01 Å². The molecule has 2 rings (SSSR count). The molecule has 0 unspecified atom stereocenters. The lowest BCUT2D eigenvalue weighted by molar-refractivity contribution is 0.0663. The number of carbonyl (C=O) groups excluding carboxylic acids is 2. The Morgan fingerprint density at radius 3 is 2.61 bits per heavy atom. The number of imide groups is 1. The Balaban J connectivity index is 2.50. The number of hydrogen-bond donors (Lipinski definition) is 0. The number of carbonyl (C=O) groups is 2. The second-order valence-electron chi connectivity index (χ2n) is 4.22. The number of hydrogen-bond acceptors (Lipinski definition) is 4. The summed E-state index contributed by atoms with van der Waals surface area (Å²) in [6.45, 7) is 2.17. The molecular weight excluding hydrogens is 230 g/mol. The highest BCUT2D eigenvalue weighted by Gasteiger charge is 2.35. The van der Waals surface area contributed by atoms with Crippen molar-refractivity contribution in [2.45, 2.75) is 6.92 Å². The molecule has 1 aromatic carbocycles. The Labute approximate surface area is 106 Å². The van der Waals surface area contributed by atoms with Crippen LogP contribution in [0.15, 0.2) is 23.3 Å². The molecule has 1 heterocycles. The van der Waals surface area contributed by atoms with Gasteiger partial charge in [-0.3, -0.25) is 14.5 Å². The molecule has 0 atom stereocenters. The maximum Gasteiger partial charge on any atom is 0.262 e. The van der Waals surface area contributed by atoms with Gasteiger partial charge in [-0.1, -0.05) is 12.1 Å². The fraction of sp³-hybridized carbons (Fsp3) is 0.308. The van der Waals surface area contributed by atoms with Gasteiger partial charge in [0, 0.05) is 26.2 Å². The molecule has 2 amide bonds. The minimum absolute atomic E-state index is 0.224. The largest absolute Gasteiger partial charge is 0.303 e. The van der Waals surface area contributed by atoms with Crippen LogP contribution in [0.25, 0.3) is 0 Å². The topological polar surface area (TPSA) is 53.0 Å². The quantitative estimate of drug-likeness (QED) is 0.457. The first-order valence-corrected chi connectivity index (χ1v) is 5.76. The summed E-state index contributed by atoms with van der Waals surface area (Å²) < 4.78 is 0. The maximum absolute atomic E-state index is 12.1. The second-order valence-corrected chi connectivity index (χ2v) is 4.22. The van der Waals surface area contributed by atoms with Gasteiger partial charge in [0.2, 0.25) is 0 Å². The van der Waals surface area contributed by atoms with Crippen LogP contribution in [-0.4, -0.2) is 48.6 Å². The van der Waals surface area contributed by atoms with Crippen molar-refractivity contribution in [2.24, 2.45) is 5.10 Å². The summed E-state index contributed by atoms with van der Waals surface area (Å²) in [6.07, 6.45) is 1.60. The molecule has 5 nitrogen and oxygen atoms in total. The summed E-state index contributed by atoms with van der Waals surface area (Å²) in [5, 5.41) is 5.75. The van der Waals surface area contributed by atoms with Crippen LogP contribution >= 0.6 is 0 Å². The highest BCUT2D eigenvalue weighted by atomic mass is 16.2. The van der Waals surface area contributed by atoms with Crippen molar-refractivity contribution < 1.29 is 9.59 Å². The van der Waals surface area contributed by atoms with Crippen LogP contribution in [0, 0.1) is 0 Å². The summed E-state index contributed by atoms with van der Waals surface area (Å²) in [7, 11) is 3.59. The van der Waals surface area contributed by atoms with Gasteiger partial charge in [0.25, 0.3) is 11.8 Å². The zero-order valence-corrected chi connectivity index (χ0v) is 10.7. The SMILES string of the molecule is CCN1C(=O)c2cccc(C=NN(C)C)c2C1=O. The molecule has 0 radical (unpaired) electrons. The number of hydrazone groups is 1. The van der Waals surface area contributed by atoms with E-state index in [9.17, 15) is 9.59 Å². The third-order valence-electron chi connectivity index (χ3n) is 2.78. The molecule has 1 aliphatic heterocycles. The van der Waals surface area contributed by atoms with E-state index in [0.29, 0.717) is 23.2 Å². The van der Waals surface area contributed by atoms with Crippen LogP contribution in [-0.2, 0) is 0 Å². The third-order valence-corrected chi connectivity index (χ3v) is 2.78. The van der Waals surface area contributed by atoms with Crippen LogP contribution in [0.2, 0.25) is 0 Å². The molecule has 0 saturated heterocycles. The fourth-order valence-corrected chi connectivity index (χ4v) is 1.93. The van der Waals surface area contributed by atoms with Crippen molar-refractivity contribution in [1.29, 1.82) is 0 Å². The van der Waals surface area contributed by atoms with Gasteiger partial charge in [0.15, 0.2) is 0 Å². The molecule has 0 aliphatic carbocycles. The van der Waals surface area contributed by atoms with Crippen molar-refractivity contribution >= 4 is 18.0 Å². The van der Waals surface area contributed by atoms with Crippen LogP contribution in [0.1, 0.15) is 33.2 Å². The van der Waals surface area contributed by atoms with Gasteiger partial charge in [0.05, 0.1) is 17.3 Å². The molecule has 1 aliphatic rings. The van der Waals surface area contributed by atoms with Crippen LogP contribution in [0.5, 0.6) is 0 Å². The minimum Gasteiger partial charge on any atom is -0.303 e. The molecule has 18 heavy (non-hydrogen) atoms. The number of fused-ring (bicyclic) bond motifs is 1. The van der Waals surface area contributed by atoms with E-state index in [4.69, 9.17) is 0 Å². The number of amides is 2. The summed E-state index contributed by atoms with van der Waals surface area (Å²) in [6, 6.07) is 5.23. The van der Waals surface area contributed by atoms with E-state index >= 15 is 0 Å². The standard InChI is InChI=1S/C13H15N3O2/c1-4-16-12(17)10-7-5-6-9(8-14-15(2)3)11(10)13(16)18/h5-8H,4H2,1-3H3. The third kappa shape index (κ3) is 1.88. The summed E-state index contributed by atoms with van der Waals surface area (Å²) in [5.74, 6) is -0.462. The Hall–Kier alpha value is -2.17. The Morgan fingerprint density at radius 2 is 2.00 bits per heavy atom. The molecule has 0 fully saturated rings. The second kappa shape index (κ2) is 4.60.